The van der Waals surface area contributed by atoms with Gasteiger partial charge < -0.3 is 40.5 Å². The topological polar surface area (TPSA) is 252 Å². The van der Waals surface area contributed by atoms with Crippen molar-refractivity contribution in [2.75, 3.05) is 25.7 Å². The van der Waals surface area contributed by atoms with E-state index in [1.54, 1.807) is 0 Å². The maximum atomic E-state index is 10.1. The molecule has 0 radical (unpaired) electrons. The van der Waals surface area contributed by atoms with E-state index in [4.69, 9.17) is 24.9 Å². The van der Waals surface area contributed by atoms with Crippen LogP contribution in [0.2, 0.25) is 0 Å². The quantitative estimate of drug-likeness (QED) is 0.141. The van der Waals surface area contributed by atoms with Gasteiger partial charge in [-0.05, 0) is 0 Å². The van der Waals surface area contributed by atoms with Gasteiger partial charge in [-0.15, -0.1) is 0 Å². The van der Waals surface area contributed by atoms with Crippen LogP contribution in [0.1, 0.15) is 0 Å². The second-order valence-corrected chi connectivity index (χ2v) is 6.50. The molecule has 128 valence electrons. The van der Waals surface area contributed by atoms with Gasteiger partial charge in [0.05, 0.1) is 25.7 Å². The first-order chi connectivity index (χ1) is 8.83. The summed E-state index contributed by atoms with van der Waals surface area (Å²) in [5.74, 6) is -2.32. The zero-order chi connectivity index (χ0) is 16.4. The Kier molecular flexibility index (Phi) is 21.3. The number of hydrogen-bond donors (Lipinski definition) is 8. The van der Waals surface area contributed by atoms with Gasteiger partial charge in [0, 0.05) is 0 Å². The standard InChI is InChI=1S/2C3H8NO5P.K.H3N/c2*5-3(6)1-4-2-10(7,8)9;;/h2*4H,1-2H2,(H,5,6)(H2,7,8,9);;1H3/q;;+1;/p-1. The van der Waals surface area contributed by atoms with Crippen LogP contribution < -0.4 is 73.1 Å². The molecule has 1 atom stereocenters. The van der Waals surface area contributed by atoms with Crippen LogP contribution in [-0.4, -0.2) is 62.5 Å². The predicted molar refractivity (Wildman–Crippen MR) is 67.9 cm³/mol. The van der Waals surface area contributed by atoms with Gasteiger partial charge in [0.25, 0.3) is 0 Å². The normalized spacial score (nSPS) is 12.5. The van der Waals surface area contributed by atoms with Crippen molar-refractivity contribution >= 4 is 27.1 Å². The molecular weight excluding hydrogens is 375 g/mol. The van der Waals surface area contributed by atoms with E-state index in [0.29, 0.717) is 0 Å². The Morgan fingerprint density at radius 2 is 1.23 bits per heavy atom. The van der Waals surface area contributed by atoms with Gasteiger partial charge in [-0.3, -0.25) is 24.8 Å². The third-order valence-electron chi connectivity index (χ3n) is 1.18. The van der Waals surface area contributed by atoms with Crippen LogP contribution in [0.3, 0.4) is 0 Å². The molecular formula is C6H18KN3O10P2. The summed E-state index contributed by atoms with van der Waals surface area (Å²) in [6.07, 6.45) is -1.31. The molecule has 22 heavy (non-hydrogen) atoms. The van der Waals surface area contributed by atoms with Crippen molar-refractivity contribution in [2.24, 2.45) is 0 Å². The fourth-order valence-electron chi connectivity index (χ4n) is 0.613. The molecule has 0 aliphatic rings. The van der Waals surface area contributed by atoms with Crippen LogP contribution in [0.15, 0.2) is 0 Å². The number of hydrogen-bond acceptors (Lipinski definition) is 8. The first-order valence-corrected chi connectivity index (χ1v) is 8.32. The monoisotopic (exact) mass is 393 g/mol. The summed E-state index contributed by atoms with van der Waals surface area (Å²) in [7, 11) is -8.44. The number of nitrogens with one attached hydrogen (secondary N) is 2. The Labute approximate surface area is 168 Å². The van der Waals surface area contributed by atoms with Gasteiger partial charge in [0.1, 0.15) is 7.60 Å². The predicted octanol–water partition coefficient (Wildman–Crippen LogP) is -5.87. The molecule has 0 aliphatic heterocycles. The van der Waals surface area contributed by atoms with Crippen molar-refractivity contribution in [3.8, 4) is 0 Å². The molecule has 10 N–H and O–H groups in total. The molecule has 0 saturated carbocycles. The Hall–Kier alpha value is 0.756. The second kappa shape index (κ2) is 15.3. The zero-order valence-electron chi connectivity index (χ0n) is 11.7. The minimum atomic E-state index is -4.35. The molecule has 0 bridgehead atoms. The Balaban J connectivity index is -0.000000135. The minimum Gasteiger partial charge on any atom is -0.778 e. The van der Waals surface area contributed by atoms with E-state index in [0.717, 1.165) is 0 Å². The van der Waals surface area contributed by atoms with E-state index >= 15 is 0 Å². The fraction of sp³-hybridized carbons (Fsp3) is 0.667. The number of rotatable bonds is 8. The van der Waals surface area contributed by atoms with Crippen molar-refractivity contribution in [3.05, 3.63) is 0 Å². The third-order valence-corrected chi connectivity index (χ3v) is 2.44. The minimum absolute atomic E-state index is 0. The molecule has 16 heteroatoms. The molecule has 0 heterocycles. The molecule has 13 nitrogen and oxygen atoms in total. The summed E-state index contributed by atoms with van der Waals surface area (Å²) < 4.78 is 20.0. The van der Waals surface area contributed by atoms with Gasteiger partial charge in [0.2, 0.25) is 0 Å². The Morgan fingerprint density at radius 3 is 1.45 bits per heavy atom. The molecule has 1 unspecified atom stereocenters. The maximum Gasteiger partial charge on any atom is 1.00 e. The van der Waals surface area contributed by atoms with Crippen molar-refractivity contribution in [1.82, 2.24) is 16.8 Å². The van der Waals surface area contributed by atoms with E-state index in [-0.39, 0.29) is 57.5 Å². The SMILES string of the molecule is N.O=C(O)CNCP(=O)(O)O.O=C(O)CNCP(=O)([O-])O.[K+]. The molecule has 0 aromatic heterocycles. The van der Waals surface area contributed by atoms with Gasteiger partial charge in [-0.25, -0.2) is 0 Å². The summed E-state index contributed by atoms with van der Waals surface area (Å²) in [5.41, 5.74) is 0. The van der Waals surface area contributed by atoms with Crippen molar-refractivity contribution in [1.29, 1.82) is 0 Å². The summed E-state index contributed by atoms with van der Waals surface area (Å²) in [6.45, 7) is -0.919. The van der Waals surface area contributed by atoms with Crippen molar-refractivity contribution < 1.29 is 99.9 Å². The summed E-state index contributed by atoms with van der Waals surface area (Å²) in [6, 6.07) is 0. The number of carboxylic acids is 2. The first kappa shape index (κ1) is 30.6. The van der Waals surface area contributed by atoms with Crippen molar-refractivity contribution in [2.45, 2.75) is 0 Å². The first-order valence-electron chi connectivity index (χ1n) is 4.76. The van der Waals surface area contributed by atoms with E-state index in [1.807, 2.05) is 5.32 Å². The van der Waals surface area contributed by atoms with Crippen LogP contribution in [0.25, 0.3) is 0 Å². The average Bonchev–Trinajstić information content (AvgIpc) is 2.12. The molecule has 0 amide bonds. The Morgan fingerprint density at radius 1 is 0.909 bits per heavy atom. The van der Waals surface area contributed by atoms with Crippen LogP contribution in [0.5, 0.6) is 0 Å². The van der Waals surface area contributed by atoms with Crippen LogP contribution in [-0.2, 0) is 18.7 Å². The van der Waals surface area contributed by atoms with Gasteiger partial charge >= 0.3 is 70.9 Å². The molecule has 0 saturated heterocycles. The number of aliphatic carboxylic acids is 2. The number of carbonyl (C=O) groups is 2. The van der Waals surface area contributed by atoms with Crippen LogP contribution in [0.4, 0.5) is 0 Å². The molecule has 0 aromatic rings. The summed E-state index contributed by atoms with van der Waals surface area (Å²) in [5, 5.41) is 20.0. The van der Waals surface area contributed by atoms with Crippen LogP contribution in [0, 0.1) is 0 Å². The summed E-state index contributed by atoms with van der Waals surface area (Å²) in [4.78, 5) is 53.9. The van der Waals surface area contributed by atoms with E-state index in [9.17, 15) is 23.6 Å². The molecule has 0 aliphatic carbocycles. The Bertz CT molecular complexity index is 371. The van der Waals surface area contributed by atoms with Gasteiger partial charge in [0.15, 0.2) is 0 Å². The fourth-order valence-corrected chi connectivity index (χ4v) is 1.41. The van der Waals surface area contributed by atoms with Gasteiger partial charge in [-0.1, -0.05) is 0 Å². The molecule has 0 aromatic carbocycles. The van der Waals surface area contributed by atoms with Crippen LogP contribution >= 0.6 is 15.2 Å². The largest absolute Gasteiger partial charge is 1.00 e. The molecule has 0 spiro atoms. The van der Waals surface area contributed by atoms with E-state index in [1.165, 1.54) is 0 Å². The average molecular weight is 393 g/mol. The molecule has 0 rings (SSSR count). The summed E-state index contributed by atoms with van der Waals surface area (Å²) >= 11 is 0. The van der Waals surface area contributed by atoms with Crippen molar-refractivity contribution in [3.63, 3.8) is 0 Å². The third kappa shape index (κ3) is 37.2. The van der Waals surface area contributed by atoms with Gasteiger partial charge in [-0.2, -0.15) is 0 Å². The van der Waals surface area contributed by atoms with E-state index in [2.05, 4.69) is 5.32 Å². The second-order valence-electron chi connectivity index (χ2n) is 3.26. The van der Waals surface area contributed by atoms with E-state index < -0.39 is 52.8 Å². The molecule has 0 fully saturated rings. The zero-order valence-corrected chi connectivity index (χ0v) is 16.6. The smallest absolute Gasteiger partial charge is 0.778 e. The maximum absolute atomic E-state index is 10.1. The number of carboxylic acid groups (broad SMARTS) is 2.